The number of likely N-dealkylation sites (N-methyl/N-ethyl adjacent to an activating group) is 1. The van der Waals surface area contributed by atoms with Crippen molar-refractivity contribution in [2.75, 3.05) is 20.6 Å². The summed E-state index contributed by atoms with van der Waals surface area (Å²) in [6, 6.07) is 0. The SMILES string of the molecule is C=C(Br)CN(C)C. The van der Waals surface area contributed by atoms with E-state index in [1.54, 1.807) is 0 Å². The summed E-state index contributed by atoms with van der Waals surface area (Å²) in [4.78, 5) is 2.05. The van der Waals surface area contributed by atoms with Gasteiger partial charge in [-0.1, -0.05) is 22.5 Å². The lowest BCUT2D eigenvalue weighted by molar-refractivity contribution is 0.454. The van der Waals surface area contributed by atoms with Crippen LogP contribution in [0.5, 0.6) is 0 Å². The maximum atomic E-state index is 3.67. The molecule has 0 unspecified atom stereocenters. The van der Waals surface area contributed by atoms with Gasteiger partial charge in [0.1, 0.15) is 0 Å². The minimum Gasteiger partial charge on any atom is -0.305 e. The molecule has 7 heavy (non-hydrogen) atoms. The van der Waals surface area contributed by atoms with E-state index in [2.05, 4.69) is 27.4 Å². The molecule has 0 amide bonds. The van der Waals surface area contributed by atoms with E-state index in [1.807, 2.05) is 14.1 Å². The number of hydrogen-bond donors (Lipinski definition) is 0. The highest BCUT2D eigenvalue weighted by Gasteiger charge is 1.87. The molecule has 0 saturated carbocycles. The van der Waals surface area contributed by atoms with E-state index in [-0.39, 0.29) is 0 Å². The van der Waals surface area contributed by atoms with Crippen LogP contribution >= 0.6 is 15.9 Å². The Balaban J connectivity index is 3.13. The van der Waals surface area contributed by atoms with Gasteiger partial charge in [0.25, 0.3) is 0 Å². The molecule has 0 aliphatic carbocycles. The summed E-state index contributed by atoms with van der Waals surface area (Å²) >= 11 is 3.24. The molecular weight excluding hydrogens is 154 g/mol. The van der Waals surface area contributed by atoms with Crippen LogP contribution in [0.1, 0.15) is 0 Å². The Labute approximate surface area is 53.1 Å². The highest BCUT2D eigenvalue weighted by Crippen LogP contribution is 1.99. The van der Waals surface area contributed by atoms with Gasteiger partial charge in [-0.2, -0.15) is 0 Å². The molecule has 2 heteroatoms. The lowest BCUT2D eigenvalue weighted by Gasteiger charge is -2.05. The van der Waals surface area contributed by atoms with E-state index in [9.17, 15) is 0 Å². The maximum absolute atomic E-state index is 3.67. The average molecular weight is 164 g/mol. The molecule has 0 atom stereocenters. The largest absolute Gasteiger partial charge is 0.305 e. The Bertz CT molecular complexity index is 68.5. The molecule has 0 rings (SSSR count). The van der Waals surface area contributed by atoms with E-state index in [4.69, 9.17) is 0 Å². The fourth-order valence-electron chi connectivity index (χ4n) is 0.343. The first-order chi connectivity index (χ1) is 3.13. The molecule has 0 aliphatic rings. The van der Waals surface area contributed by atoms with Crippen molar-refractivity contribution in [1.82, 2.24) is 4.90 Å². The molecule has 0 aromatic carbocycles. The number of nitrogens with zero attached hydrogens (tertiary/aromatic N) is 1. The van der Waals surface area contributed by atoms with Gasteiger partial charge in [-0.15, -0.1) is 0 Å². The van der Waals surface area contributed by atoms with Gasteiger partial charge in [0, 0.05) is 11.0 Å². The van der Waals surface area contributed by atoms with Crippen LogP contribution < -0.4 is 0 Å². The molecule has 0 heterocycles. The van der Waals surface area contributed by atoms with E-state index < -0.39 is 0 Å². The Kier molecular flexibility index (Phi) is 3.30. The van der Waals surface area contributed by atoms with Crippen LogP contribution in [0.4, 0.5) is 0 Å². The molecule has 1 nitrogen and oxygen atoms in total. The second kappa shape index (κ2) is 3.22. The van der Waals surface area contributed by atoms with E-state index in [1.165, 1.54) is 0 Å². The summed E-state index contributed by atoms with van der Waals surface area (Å²) in [7, 11) is 4.01. The third kappa shape index (κ3) is 6.18. The molecule has 0 radical (unpaired) electrons. The Hall–Kier alpha value is 0.180. The lowest BCUT2D eigenvalue weighted by atomic mass is 10.6. The van der Waals surface area contributed by atoms with E-state index in [0.29, 0.717) is 0 Å². The molecule has 0 aromatic heterocycles. The topological polar surface area (TPSA) is 3.24 Å². The normalized spacial score (nSPS) is 9.71. The summed E-state index contributed by atoms with van der Waals surface area (Å²) < 4.78 is 1.03. The van der Waals surface area contributed by atoms with E-state index >= 15 is 0 Å². The zero-order chi connectivity index (χ0) is 5.86. The van der Waals surface area contributed by atoms with Crippen LogP contribution in [0.2, 0.25) is 0 Å². The van der Waals surface area contributed by atoms with Gasteiger partial charge in [0.15, 0.2) is 0 Å². The van der Waals surface area contributed by atoms with Crippen molar-refractivity contribution >= 4 is 15.9 Å². The number of halogens is 1. The van der Waals surface area contributed by atoms with Gasteiger partial charge in [-0.25, -0.2) is 0 Å². The first-order valence-corrected chi connectivity index (χ1v) is 2.90. The third-order valence-electron chi connectivity index (χ3n) is 0.488. The van der Waals surface area contributed by atoms with Crippen molar-refractivity contribution in [1.29, 1.82) is 0 Å². The van der Waals surface area contributed by atoms with Gasteiger partial charge < -0.3 is 4.90 Å². The average Bonchev–Trinajstić information content (AvgIpc) is 1.27. The van der Waals surface area contributed by atoms with Gasteiger partial charge in [-0.3, -0.25) is 0 Å². The Morgan fingerprint density at radius 3 is 2.14 bits per heavy atom. The van der Waals surface area contributed by atoms with Crippen molar-refractivity contribution in [2.24, 2.45) is 0 Å². The Morgan fingerprint density at radius 2 is 2.14 bits per heavy atom. The standard InChI is InChI=1S/C5H10BrN/c1-5(6)4-7(2)3/h1,4H2,2-3H3. The molecule has 0 aliphatic heterocycles. The first-order valence-electron chi connectivity index (χ1n) is 2.11. The maximum Gasteiger partial charge on any atom is 0.0287 e. The van der Waals surface area contributed by atoms with Crippen molar-refractivity contribution in [3.8, 4) is 0 Å². The van der Waals surface area contributed by atoms with Gasteiger partial charge in [-0.05, 0) is 14.1 Å². The predicted octanol–water partition coefficient (Wildman–Crippen LogP) is 1.46. The Morgan fingerprint density at radius 1 is 1.71 bits per heavy atom. The van der Waals surface area contributed by atoms with Crippen molar-refractivity contribution in [2.45, 2.75) is 0 Å². The van der Waals surface area contributed by atoms with Crippen LogP contribution in [0.3, 0.4) is 0 Å². The molecule has 0 spiro atoms. The van der Waals surface area contributed by atoms with Crippen LogP contribution in [0.15, 0.2) is 11.1 Å². The van der Waals surface area contributed by atoms with Crippen LogP contribution in [0, 0.1) is 0 Å². The van der Waals surface area contributed by atoms with Crippen LogP contribution in [-0.2, 0) is 0 Å². The summed E-state index contributed by atoms with van der Waals surface area (Å²) in [5, 5.41) is 0. The van der Waals surface area contributed by atoms with Gasteiger partial charge in [0.2, 0.25) is 0 Å². The van der Waals surface area contributed by atoms with Crippen LogP contribution in [-0.4, -0.2) is 25.5 Å². The summed E-state index contributed by atoms with van der Waals surface area (Å²) in [5.74, 6) is 0. The quantitative estimate of drug-likeness (QED) is 0.597. The minimum atomic E-state index is 0.917. The van der Waals surface area contributed by atoms with Gasteiger partial charge >= 0.3 is 0 Å². The summed E-state index contributed by atoms with van der Waals surface area (Å²) in [5.41, 5.74) is 0. The molecule has 0 aromatic rings. The molecule has 0 N–H and O–H groups in total. The fourth-order valence-corrected chi connectivity index (χ4v) is 0.845. The highest BCUT2D eigenvalue weighted by atomic mass is 79.9. The first kappa shape index (κ1) is 7.18. The molecule has 0 bridgehead atoms. The van der Waals surface area contributed by atoms with Crippen molar-refractivity contribution in [3.63, 3.8) is 0 Å². The second-order valence-corrected chi connectivity index (χ2v) is 2.88. The molecule has 0 saturated heterocycles. The zero-order valence-electron chi connectivity index (χ0n) is 4.74. The smallest absolute Gasteiger partial charge is 0.0287 e. The number of rotatable bonds is 2. The third-order valence-corrected chi connectivity index (χ3v) is 0.739. The lowest BCUT2D eigenvalue weighted by Crippen LogP contribution is -2.12. The van der Waals surface area contributed by atoms with Crippen molar-refractivity contribution < 1.29 is 0 Å². The van der Waals surface area contributed by atoms with Crippen LogP contribution in [0.25, 0.3) is 0 Å². The van der Waals surface area contributed by atoms with Crippen molar-refractivity contribution in [3.05, 3.63) is 11.1 Å². The summed E-state index contributed by atoms with van der Waals surface area (Å²) in [6.45, 7) is 4.59. The summed E-state index contributed by atoms with van der Waals surface area (Å²) in [6.07, 6.45) is 0. The molecular formula is C5H10BrN. The zero-order valence-corrected chi connectivity index (χ0v) is 6.33. The monoisotopic (exact) mass is 163 g/mol. The molecule has 0 fully saturated rings. The highest BCUT2D eigenvalue weighted by molar-refractivity contribution is 9.11. The second-order valence-electron chi connectivity index (χ2n) is 1.76. The minimum absolute atomic E-state index is 0.917. The molecule has 42 valence electrons. The van der Waals surface area contributed by atoms with Gasteiger partial charge in [0.05, 0.1) is 0 Å². The van der Waals surface area contributed by atoms with E-state index in [0.717, 1.165) is 11.0 Å². The fraction of sp³-hybridized carbons (Fsp3) is 0.600. The number of hydrogen-bond acceptors (Lipinski definition) is 1. The predicted molar refractivity (Wildman–Crippen MR) is 36.6 cm³/mol.